The van der Waals surface area contributed by atoms with E-state index >= 15 is 0 Å². The van der Waals surface area contributed by atoms with Gasteiger partial charge in [0.05, 0.1) is 10.9 Å². The van der Waals surface area contributed by atoms with Crippen molar-refractivity contribution in [3.63, 3.8) is 0 Å². The molecule has 22 heavy (non-hydrogen) atoms. The molecule has 1 amide bonds. The van der Waals surface area contributed by atoms with Crippen molar-refractivity contribution < 1.29 is 4.79 Å². The van der Waals surface area contributed by atoms with E-state index < -0.39 is 0 Å². The minimum atomic E-state index is -0.228. The van der Waals surface area contributed by atoms with E-state index in [1.807, 2.05) is 32.9 Å². The van der Waals surface area contributed by atoms with E-state index in [1.54, 1.807) is 18.4 Å². The maximum atomic E-state index is 11.7. The van der Waals surface area contributed by atoms with Crippen LogP contribution in [-0.2, 0) is 11.2 Å². The highest BCUT2D eigenvalue weighted by Gasteiger charge is 2.13. The molecule has 8 heteroatoms. The molecule has 0 bridgehead atoms. The number of hydrogen-bond donors (Lipinski definition) is 3. The molecule has 0 aliphatic carbocycles. The van der Waals surface area contributed by atoms with E-state index in [-0.39, 0.29) is 42.0 Å². The molecule has 1 rings (SSSR count). The fourth-order valence-corrected chi connectivity index (χ4v) is 2.72. The molecule has 0 aromatic carbocycles. The van der Waals surface area contributed by atoms with Gasteiger partial charge < -0.3 is 16.0 Å². The molecule has 0 atom stereocenters. The van der Waals surface area contributed by atoms with Crippen LogP contribution in [0, 0.1) is 0 Å². The van der Waals surface area contributed by atoms with Crippen molar-refractivity contribution in [1.82, 2.24) is 16.0 Å². The fraction of sp³-hybridized carbons (Fsp3) is 0.571. The lowest BCUT2D eigenvalue weighted by atomic mass is 10.1. The predicted molar refractivity (Wildman–Crippen MR) is 106 cm³/mol. The maximum absolute atomic E-state index is 11.7. The third-order valence-corrected chi connectivity index (χ3v) is 3.74. The highest BCUT2D eigenvalue weighted by Crippen LogP contribution is 2.21. The molecule has 0 aliphatic rings. The minimum absolute atomic E-state index is 0. The number of nitrogens with zero attached hydrogens (tertiary/aromatic N) is 1. The Kier molecular flexibility index (Phi) is 10.0. The zero-order valence-corrected chi connectivity index (χ0v) is 17.2. The monoisotopic (exact) mass is 458 g/mol. The number of halogens is 2. The van der Waals surface area contributed by atoms with Gasteiger partial charge in [-0.15, -0.1) is 35.3 Å². The van der Waals surface area contributed by atoms with Gasteiger partial charge in [0.1, 0.15) is 0 Å². The molecule has 0 saturated heterocycles. The predicted octanol–water partition coefficient (Wildman–Crippen LogP) is 2.64. The minimum Gasteiger partial charge on any atom is -0.356 e. The molecule has 0 fully saturated rings. The largest absolute Gasteiger partial charge is 0.356 e. The Morgan fingerprint density at radius 2 is 2.00 bits per heavy atom. The summed E-state index contributed by atoms with van der Waals surface area (Å²) in [6, 6.07) is 3.91. The van der Waals surface area contributed by atoms with Gasteiger partial charge in [0.2, 0.25) is 5.91 Å². The summed E-state index contributed by atoms with van der Waals surface area (Å²) in [5.41, 5.74) is -0.228. The summed E-state index contributed by atoms with van der Waals surface area (Å²) in [5, 5.41) is 9.04. The van der Waals surface area contributed by atoms with E-state index in [2.05, 4.69) is 20.9 Å². The second kappa shape index (κ2) is 10.3. The van der Waals surface area contributed by atoms with Gasteiger partial charge in [-0.05, 0) is 39.3 Å². The van der Waals surface area contributed by atoms with E-state index in [0.29, 0.717) is 5.96 Å². The van der Waals surface area contributed by atoms with Crippen molar-refractivity contribution in [2.45, 2.75) is 32.7 Å². The second-order valence-corrected chi connectivity index (χ2v) is 7.41. The third-order valence-electron chi connectivity index (χ3n) is 2.45. The average Bonchev–Trinajstić information content (AvgIpc) is 2.77. The van der Waals surface area contributed by atoms with Crippen LogP contribution >= 0.6 is 46.9 Å². The number of amides is 1. The Labute approximate surface area is 158 Å². The molecular formula is C14H24ClIN4OS. The first kappa shape index (κ1) is 21.5. The van der Waals surface area contributed by atoms with Crippen molar-refractivity contribution in [2.75, 3.05) is 20.1 Å². The summed E-state index contributed by atoms with van der Waals surface area (Å²) in [7, 11) is 1.68. The molecule has 5 nitrogen and oxygen atoms in total. The average molecular weight is 459 g/mol. The molecule has 0 radical (unpaired) electrons. The van der Waals surface area contributed by atoms with Crippen LogP contribution in [0.1, 0.15) is 25.6 Å². The van der Waals surface area contributed by atoms with E-state index in [9.17, 15) is 4.79 Å². The first-order valence-electron chi connectivity index (χ1n) is 6.80. The standard InChI is InChI=1S/C14H23ClN4OS.HI/c1-14(2,3)19-12(20)9-18-13(16-4)17-8-7-10-5-6-11(15)21-10;/h5-6H,7-9H2,1-4H3,(H,19,20)(H2,16,17,18);1H. The first-order valence-corrected chi connectivity index (χ1v) is 7.99. The third kappa shape index (κ3) is 9.47. The zero-order chi connectivity index (χ0) is 15.9. The highest BCUT2D eigenvalue weighted by atomic mass is 127. The SMILES string of the molecule is CN=C(NCCc1ccc(Cl)s1)NCC(=O)NC(C)(C)C.I. The van der Waals surface area contributed by atoms with Crippen molar-refractivity contribution >= 4 is 58.8 Å². The molecule has 0 spiro atoms. The molecule has 0 saturated carbocycles. The van der Waals surface area contributed by atoms with E-state index in [0.717, 1.165) is 17.3 Å². The lowest BCUT2D eigenvalue weighted by molar-refractivity contribution is -0.121. The van der Waals surface area contributed by atoms with Crippen molar-refractivity contribution in [3.8, 4) is 0 Å². The highest BCUT2D eigenvalue weighted by molar-refractivity contribution is 14.0. The van der Waals surface area contributed by atoms with Crippen LogP contribution in [0.3, 0.4) is 0 Å². The van der Waals surface area contributed by atoms with Crippen LogP contribution in [0.4, 0.5) is 0 Å². The number of hydrogen-bond acceptors (Lipinski definition) is 3. The first-order chi connectivity index (χ1) is 9.80. The Morgan fingerprint density at radius 1 is 1.32 bits per heavy atom. The number of thiophene rings is 1. The summed E-state index contributed by atoms with van der Waals surface area (Å²) in [5.74, 6) is 0.553. The lowest BCUT2D eigenvalue weighted by Crippen LogP contribution is -2.48. The molecule has 3 N–H and O–H groups in total. The van der Waals surface area contributed by atoms with Gasteiger partial charge in [0.25, 0.3) is 0 Å². The van der Waals surface area contributed by atoms with Gasteiger partial charge >= 0.3 is 0 Å². The van der Waals surface area contributed by atoms with Crippen LogP contribution in [0.25, 0.3) is 0 Å². The zero-order valence-electron chi connectivity index (χ0n) is 13.3. The normalized spacial score (nSPS) is 11.6. The molecule has 1 aromatic heterocycles. The van der Waals surface area contributed by atoms with Gasteiger partial charge in [-0.2, -0.15) is 0 Å². The van der Waals surface area contributed by atoms with Gasteiger partial charge in [-0.1, -0.05) is 11.6 Å². The van der Waals surface area contributed by atoms with Crippen LogP contribution in [0.2, 0.25) is 4.34 Å². The summed E-state index contributed by atoms with van der Waals surface area (Å²) in [6.07, 6.45) is 0.867. The molecule has 1 heterocycles. The molecule has 1 aromatic rings. The topological polar surface area (TPSA) is 65.5 Å². The lowest BCUT2D eigenvalue weighted by Gasteiger charge is -2.21. The van der Waals surface area contributed by atoms with Crippen molar-refractivity contribution in [3.05, 3.63) is 21.3 Å². The molecule has 0 aliphatic heterocycles. The van der Waals surface area contributed by atoms with E-state index in [1.165, 1.54) is 4.88 Å². The smallest absolute Gasteiger partial charge is 0.239 e. The number of guanidine groups is 1. The van der Waals surface area contributed by atoms with Crippen LogP contribution in [0.15, 0.2) is 17.1 Å². The van der Waals surface area contributed by atoms with Crippen LogP contribution in [-0.4, -0.2) is 37.5 Å². The number of carbonyl (C=O) groups excluding carboxylic acids is 1. The molecule has 0 unspecified atom stereocenters. The summed E-state index contributed by atoms with van der Waals surface area (Å²) in [6.45, 7) is 6.78. The van der Waals surface area contributed by atoms with Crippen LogP contribution < -0.4 is 16.0 Å². The van der Waals surface area contributed by atoms with Gasteiger partial charge in [-0.25, -0.2) is 0 Å². The summed E-state index contributed by atoms with van der Waals surface area (Å²) < 4.78 is 0.798. The Hall–Kier alpha value is -0.540. The van der Waals surface area contributed by atoms with E-state index in [4.69, 9.17) is 11.6 Å². The molecule has 126 valence electrons. The van der Waals surface area contributed by atoms with Crippen molar-refractivity contribution in [2.24, 2.45) is 4.99 Å². The fourth-order valence-electron chi connectivity index (χ4n) is 1.64. The van der Waals surface area contributed by atoms with Crippen molar-refractivity contribution in [1.29, 1.82) is 0 Å². The number of rotatable bonds is 5. The number of nitrogens with one attached hydrogen (secondary N) is 3. The quantitative estimate of drug-likeness (QED) is 0.361. The summed E-state index contributed by atoms with van der Waals surface area (Å²) in [4.78, 5) is 17.0. The summed E-state index contributed by atoms with van der Waals surface area (Å²) >= 11 is 7.46. The Morgan fingerprint density at radius 3 is 2.50 bits per heavy atom. The maximum Gasteiger partial charge on any atom is 0.239 e. The van der Waals surface area contributed by atoms with Gasteiger partial charge in [0, 0.05) is 24.0 Å². The second-order valence-electron chi connectivity index (χ2n) is 5.61. The number of carbonyl (C=O) groups is 1. The van der Waals surface area contributed by atoms with Gasteiger partial charge in [-0.3, -0.25) is 9.79 Å². The number of aliphatic imine (C=N–C) groups is 1. The van der Waals surface area contributed by atoms with Crippen LogP contribution in [0.5, 0.6) is 0 Å². The Balaban J connectivity index is 0.00000441. The van der Waals surface area contributed by atoms with Gasteiger partial charge in [0.15, 0.2) is 5.96 Å². The molecular weight excluding hydrogens is 435 g/mol. The Bertz CT molecular complexity index is 499.